The van der Waals surface area contributed by atoms with Crippen molar-refractivity contribution in [2.24, 2.45) is 0 Å². The van der Waals surface area contributed by atoms with Crippen LogP contribution in [0.2, 0.25) is 0 Å². The van der Waals surface area contributed by atoms with Gasteiger partial charge in [0.15, 0.2) is 0 Å². The van der Waals surface area contributed by atoms with Crippen LogP contribution in [0.25, 0.3) is 0 Å². The van der Waals surface area contributed by atoms with E-state index in [0.717, 1.165) is 34.2 Å². The van der Waals surface area contributed by atoms with Crippen LogP contribution >= 0.6 is 43.2 Å². The Bertz CT molecular complexity index is 385. The maximum absolute atomic E-state index is 11.4. The third kappa shape index (κ3) is 4.69. The lowest BCUT2D eigenvalue weighted by Crippen LogP contribution is -2.28. The third-order valence-corrected chi connectivity index (χ3v) is 5.72. The van der Waals surface area contributed by atoms with Gasteiger partial charge in [-0.15, -0.1) is 11.3 Å². The minimum atomic E-state index is 0.161. The van der Waals surface area contributed by atoms with Gasteiger partial charge in [-0.1, -0.05) is 0 Å². The van der Waals surface area contributed by atoms with E-state index in [-0.39, 0.29) is 5.91 Å². The molecule has 17 heavy (non-hydrogen) atoms. The molecule has 0 saturated heterocycles. The minimum absolute atomic E-state index is 0.161. The average molecular weight is 382 g/mol. The lowest BCUT2D eigenvalue weighted by molar-refractivity contribution is -0.121. The first kappa shape index (κ1) is 13.5. The third-order valence-electron chi connectivity index (χ3n) is 2.47. The van der Waals surface area contributed by atoms with Gasteiger partial charge in [0, 0.05) is 34.9 Å². The minimum Gasteiger partial charge on any atom is -0.353 e. The Morgan fingerprint density at radius 1 is 1.47 bits per heavy atom. The van der Waals surface area contributed by atoms with Crippen LogP contribution in [0.1, 0.15) is 24.1 Å². The van der Waals surface area contributed by atoms with Crippen LogP contribution in [0.3, 0.4) is 0 Å². The number of hydrogen-bond donors (Lipinski definition) is 2. The standard InChI is InChI=1S/C11H14Br2N2OS/c12-9-5-8(17-11(9)13)6-14-4-3-10(16)15-7-1-2-7/h5,7,14H,1-4,6H2,(H,15,16). The van der Waals surface area contributed by atoms with Crippen LogP contribution in [-0.2, 0) is 11.3 Å². The molecule has 1 amide bonds. The molecule has 1 heterocycles. The largest absolute Gasteiger partial charge is 0.353 e. The van der Waals surface area contributed by atoms with Gasteiger partial charge in [-0.25, -0.2) is 0 Å². The summed E-state index contributed by atoms with van der Waals surface area (Å²) in [7, 11) is 0. The first-order chi connectivity index (χ1) is 8.15. The smallest absolute Gasteiger partial charge is 0.221 e. The number of nitrogens with one attached hydrogen (secondary N) is 2. The summed E-state index contributed by atoms with van der Waals surface area (Å²) in [4.78, 5) is 12.7. The molecule has 1 saturated carbocycles. The Morgan fingerprint density at radius 2 is 2.24 bits per heavy atom. The molecule has 0 spiro atoms. The molecule has 0 radical (unpaired) electrons. The zero-order chi connectivity index (χ0) is 12.3. The molecule has 0 aliphatic heterocycles. The highest BCUT2D eigenvalue weighted by Gasteiger charge is 2.22. The number of halogens is 2. The second-order valence-corrected chi connectivity index (χ2v) is 7.41. The fourth-order valence-electron chi connectivity index (χ4n) is 1.42. The lowest BCUT2D eigenvalue weighted by Gasteiger charge is -2.04. The van der Waals surface area contributed by atoms with Gasteiger partial charge in [-0.3, -0.25) is 4.79 Å². The van der Waals surface area contributed by atoms with Crippen molar-refractivity contribution in [2.75, 3.05) is 6.54 Å². The highest BCUT2D eigenvalue weighted by Crippen LogP contribution is 2.32. The molecule has 3 nitrogen and oxygen atoms in total. The summed E-state index contributed by atoms with van der Waals surface area (Å²) in [6.07, 6.45) is 2.86. The predicted octanol–water partition coefficient (Wildman–Crippen LogP) is 3.03. The fraction of sp³-hybridized carbons (Fsp3) is 0.545. The highest BCUT2D eigenvalue weighted by molar-refractivity contribution is 9.13. The quantitative estimate of drug-likeness (QED) is 0.743. The van der Waals surface area contributed by atoms with Gasteiger partial charge in [0.1, 0.15) is 0 Å². The first-order valence-electron chi connectivity index (χ1n) is 5.59. The summed E-state index contributed by atoms with van der Waals surface area (Å²) >= 11 is 8.62. The van der Waals surface area contributed by atoms with Crippen molar-refractivity contribution in [3.8, 4) is 0 Å². The molecule has 6 heteroatoms. The molecule has 2 rings (SSSR count). The van der Waals surface area contributed by atoms with Gasteiger partial charge in [-0.05, 0) is 50.8 Å². The van der Waals surface area contributed by atoms with Crippen molar-refractivity contribution in [1.82, 2.24) is 10.6 Å². The maximum Gasteiger partial charge on any atom is 0.221 e. The number of hydrogen-bond acceptors (Lipinski definition) is 3. The van der Waals surface area contributed by atoms with Gasteiger partial charge in [0.2, 0.25) is 5.91 Å². The number of carbonyl (C=O) groups excluding carboxylic acids is 1. The monoisotopic (exact) mass is 380 g/mol. The molecular formula is C11H14Br2N2OS. The van der Waals surface area contributed by atoms with Crippen molar-refractivity contribution < 1.29 is 4.79 Å². The van der Waals surface area contributed by atoms with Crippen LogP contribution in [0.5, 0.6) is 0 Å². The molecule has 1 aliphatic rings. The maximum atomic E-state index is 11.4. The topological polar surface area (TPSA) is 41.1 Å². The van der Waals surface area contributed by atoms with E-state index in [1.807, 2.05) is 0 Å². The Hall–Kier alpha value is 0.0900. The summed E-state index contributed by atoms with van der Waals surface area (Å²) in [5, 5.41) is 6.25. The number of thiophene rings is 1. The Morgan fingerprint density at radius 3 is 2.82 bits per heavy atom. The van der Waals surface area contributed by atoms with E-state index >= 15 is 0 Å². The van der Waals surface area contributed by atoms with E-state index in [1.54, 1.807) is 11.3 Å². The van der Waals surface area contributed by atoms with E-state index in [9.17, 15) is 4.79 Å². The molecule has 0 bridgehead atoms. The van der Waals surface area contributed by atoms with Gasteiger partial charge >= 0.3 is 0 Å². The summed E-state index contributed by atoms with van der Waals surface area (Å²) in [5.74, 6) is 0.161. The lowest BCUT2D eigenvalue weighted by atomic mass is 10.3. The van der Waals surface area contributed by atoms with E-state index in [2.05, 4.69) is 48.6 Å². The van der Waals surface area contributed by atoms with E-state index in [4.69, 9.17) is 0 Å². The number of carbonyl (C=O) groups is 1. The molecule has 2 N–H and O–H groups in total. The Balaban J connectivity index is 1.60. The summed E-state index contributed by atoms with van der Waals surface area (Å²) in [5.41, 5.74) is 0. The van der Waals surface area contributed by atoms with Crippen LogP contribution in [-0.4, -0.2) is 18.5 Å². The van der Waals surface area contributed by atoms with Crippen molar-refractivity contribution >= 4 is 49.1 Å². The molecule has 1 aliphatic carbocycles. The highest BCUT2D eigenvalue weighted by atomic mass is 79.9. The summed E-state index contributed by atoms with van der Waals surface area (Å²) < 4.78 is 2.20. The average Bonchev–Trinajstić information content (AvgIpc) is 3.02. The van der Waals surface area contributed by atoms with Gasteiger partial charge in [0.05, 0.1) is 3.79 Å². The van der Waals surface area contributed by atoms with Crippen LogP contribution < -0.4 is 10.6 Å². The van der Waals surface area contributed by atoms with Crippen molar-refractivity contribution in [3.63, 3.8) is 0 Å². The fourth-order valence-corrected chi connectivity index (χ4v) is 3.57. The zero-order valence-electron chi connectivity index (χ0n) is 9.26. The summed E-state index contributed by atoms with van der Waals surface area (Å²) in [6, 6.07) is 2.55. The molecular weight excluding hydrogens is 368 g/mol. The normalized spacial score (nSPS) is 14.9. The predicted molar refractivity (Wildman–Crippen MR) is 77.2 cm³/mol. The second kappa shape index (κ2) is 6.31. The Kier molecular flexibility index (Phi) is 5.02. The molecule has 0 unspecified atom stereocenters. The molecule has 94 valence electrons. The van der Waals surface area contributed by atoms with Crippen molar-refractivity contribution in [3.05, 3.63) is 19.2 Å². The number of amides is 1. The van der Waals surface area contributed by atoms with Crippen LogP contribution in [0, 0.1) is 0 Å². The van der Waals surface area contributed by atoms with Crippen molar-refractivity contribution in [1.29, 1.82) is 0 Å². The van der Waals surface area contributed by atoms with Gasteiger partial charge < -0.3 is 10.6 Å². The molecule has 1 aromatic rings. The Labute approximate surface area is 122 Å². The van der Waals surface area contributed by atoms with E-state index in [1.165, 1.54) is 4.88 Å². The van der Waals surface area contributed by atoms with E-state index in [0.29, 0.717) is 12.5 Å². The zero-order valence-corrected chi connectivity index (χ0v) is 13.3. The SMILES string of the molecule is O=C(CCNCc1cc(Br)c(Br)s1)NC1CC1. The molecule has 1 aromatic heterocycles. The second-order valence-electron chi connectivity index (χ2n) is 4.10. The van der Waals surface area contributed by atoms with Crippen LogP contribution in [0.4, 0.5) is 0 Å². The molecule has 0 atom stereocenters. The van der Waals surface area contributed by atoms with Gasteiger partial charge in [0.25, 0.3) is 0 Å². The van der Waals surface area contributed by atoms with Gasteiger partial charge in [-0.2, -0.15) is 0 Å². The molecule has 0 aromatic carbocycles. The molecule has 1 fully saturated rings. The summed E-state index contributed by atoms with van der Waals surface area (Å²) in [6.45, 7) is 1.54. The van der Waals surface area contributed by atoms with Crippen LogP contribution in [0.15, 0.2) is 14.3 Å². The number of rotatable bonds is 6. The van der Waals surface area contributed by atoms with Crippen molar-refractivity contribution in [2.45, 2.75) is 31.8 Å². The van der Waals surface area contributed by atoms with E-state index < -0.39 is 0 Å². The first-order valence-corrected chi connectivity index (χ1v) is 7.99.